The van der Waals surface area contributed by atoms with Crippen LogP contribution in [0.5, 0.6) is 0 Å². The Labute approximate surface area is 166 Å². The van der Waals surface area contributed by atoms with Crippen molar-refractivity contribution >= 4 is 45.5 Å². The molecule has 3 aromatic rings. The Morgan fingerprint density at radius 2 is 1.93 bits per heavy atom. The quantitative estimate of drug-likeness (QED) is 0.550. The summed E-state index contributed by atoms with van der Waals surface area (Å²) in [7, 11) is 0. The second-order valence-corrected chi connectivity index (χ2v) is 7.12. The average molecular weight is 394 g/mol. The predicted octanol–water partition coefficient (Wildman–Crippen LogP) is 5.88. The Hall–Kier alpha value is -2.94. The molecule has 4 nitrogen and oxygen atoms in total. The molecule has 0 aliphatic carbocycles. The van der Waals surface area contributed by atoms with Gasteiger partial charge in [0.25, 0.3) is 0 Å². The number of carbonyl (C=O) groups is 1. The zero-order chi connectivity index (χ0) is 19.2. The lowest BCUT2D eigenvalue weighted by atomic mass is 10.1. The lowest BCUT2D eigenvalue weighted by molar-refractivity contribution is -0.115. The van der Waals surface area contributed by atoms with Crippen molar-refractivity contribution in [1.82, 2.24) is 4.98 Å². The van der Waals surface area contributed by atoms with E-state index in [-0.39, 0.29) is 5.91 Å². The van der Waals surface area contributed by atoms with E-state index in [4.69, 9.17) is 11.6 Å². The Morgan fingerprint density at radius 1 is 1.22 bits per heavy atom. The fourth-order valence-corrected chi connectivity index (χ4v) is 3.49. The van der Waals surface area contributed by atoms with Crippen molar-refractivity contribution in [2.45, 2.75) is 13.3 Å². The third-order valence-electron chi connectivity index (χ3n) is 3.78. The van der Waals surface area contributed by atoms with Crippen LogP contribution in [0, 0.1) is 11.3 Å². The third kappa shape index (κ3) is 4.62. The maximum absolute atomic E-state index is 11.9. The molecule has 1 aromatic heterocycles. The molecule has 3 rings (SSSR count). The van der Waals surface area contributed by atoms with Gasteiger partial charge in [-0.05, 0) is 23.8 Å². The normalized spacial score (nSPS) is 11.1. The monoisotopic (exact) mass is 393 g/mol. The summed E-state index contributed by atoms with van der Waals surface area (Å²) in [6, 6.07) is 19.0. The van der Waals surface area contributed by atoms with E-state index in [1.165, 1.54) is 11.3 Å². The third-order valence-corrected chi connectivity index (χ3v) is 5.04. The topological polar surface area (TPSA) is 65.8 Å². The minimum atomic E-state index is -0.0948. The van der Waals surface area contributed by atoms with E-state index in [0.29, 0.717) is 32.7 Å². The van der Waals surface area contributed by atoms with Crippen LogP contribution in [0.4, 0.5) is 5.00 Å². The number of hydrogen-bond donors (Lipinski definition) is 1. The van der Waals surface area contributed by atoms with E-state index in [2.05, 4.69) is 16.4 Å². The van der Waals surface area contributed by atoms with Crippen LogP contribution in [-0.4, -0.2) is 10.9 Å². The van der Waals surface area contributed by atoms with E-state index in [1.807, 2.05) is 42.5 Å². The molecule has 0 aliphatic heterocycles. The molecule has 0 atom stereocenters. The molecule has 1 amide bonds. The number of anilines is 1. The van der Waals surface area contributed by atoms with Gasteiger partial charge in [0.1, 0.15) is 21.8 Å². The zero-order valence-corrected chi connectivity index (χ0v) is 16.1. The highest BCUT2D eigenvalue weighted by Gasteiger charge is 2.17. The SMILES string of the molecule is CCC(=O)Nc1sc(C(C#N)=Cc2ccc(Cl)cc2)nc1-c1ccccc1. The van der Waals surface area contributed by atoms with Gasteiger partial charge in [-0.3, -0.25) is 4.79 Å². The molecule has 0 spiro atoms. The average Bonchev–Trinajstić information content (AvgIpc) is 3.11. The maximum Gasteiger partial charge on any atom is 0.224 e. The van der Waals surface area contributed by atoms with Gasteiger partial charge in [0.15, 0.2) is 0 Å². The van der Waals surface area contributed by atoms with Crippen molar-refractivity contribution in [1.29, 1.82) is 5.26 Å². The molecule has 1 heterocycles. The molecule has 0 saturated heterocycles. The van der Waals surface area contributed by atoms with E-state index in [1.54, 1.807) is 25.1 Å². The highest BCUT2D eigenvalue weighted by molar-refractivity contribution is 7.17. The highest BCUT2D eigenvalue weighted by atomic mass is 35.5. The number of hydrogen-bond acceptors (Lipinski definition) is 4. The fourth-order valence-electron chi connectivity index (χ4n) is 2.39. The first-order valence-electron chi connectivity index (χ1n) is 8.34. The molecule has 1 N–H and O–H groups in total. The summed E-state index contributed by atoms with van der Waals surface area (Å²) in [5.41, 5.74) is 2.83. The Kier molecular flexibility index (Phi) is 6.02. The molecule has 0 fully saturated rings. The Balaban J connectivity index is 2.05. The van der Waals surface area contributed by atoms with Gasteiger partial charge in [0.05, 0.1) is 5.57 Å². The minimum absolute atomic E-state index is 0.0948. The summed E-state index contributed by atoms with van der Waals surface area (Å²) < 4.78 is 0. The van der Waals surface area contributed by atoms with Gasteiger partial charge in [0, 0.05) is 17.0 Å². The number of aromatic nitrogens is 1. The summed E-state index contributed by atoms with van der Waals surface area (Å²) >= 11 is 7.21. The molecule has 0 unspecified atom stereocenters. The van der Waals surface area contributed by atoms with Crippen molar-refractivity contribution in [2.75, 3.05) is 5.32 Å². The molecule has 2 aromatic carbocycles. The van der Waals surface area contributed by atoms with Crippen molar-refractivity contribution in [3.05, 3.63) is 70.2 Å². The number of nitriles is 1. The number of amides is 1. The number of halogens is 1. The molecule has 6 heteroatoms. The first kappa shape index (κ1) is 18.8. The number of carbonyl (C=O) groups excluding carboxylic acids is 1. The molecular weight excluding hydrogens is 378 g/mol. The minimum Gasteiger partial charge on any atom is -0.316 e. The molecule has 0 radical (unpaired) electrons. The lowest BCUT2D eigenvalue weighted by Crippen LogP contribution is -2.08. The fraction of sp³-hybridized carbons (Fsp3) is 0.0952. The zero-order valence-electron chi connectivity index (χ0n) is 14.6. The second-order valence-electron chi connectivity index (χ2n) is 5.69. The van der Waals surface area contributed by atoms with E-state index >= 15 is 0 Å². The summed E-state index contributed by atoms with van der Waals surface area (Å²) in [4.78, 5) is 16.6. The standard InChI is InChI=1S/C21H16ClN3OS/c1-2-18(26)24-21-19(15-6-4-3-5-7-15)25-20(27-21)16(13-23)12-14-8-10-17(22)11-9-14/h3-12H,2H2,1H3,(H,24,26). The van der Waals surface area contributed by atoms with E-state index in [0.717, 1.165) is 11.1 Å². The molecule has 134 valence electrons. The number of nitrogens with one attached hydrogen (secondary N) is 1. The predicted molar refractivity (Wildman–Crippen MR) is 111 cm³/mol. The number of rotatable bonds is 5. The molecule has 0 aliphatic rings. The van der Waals surface area contributed by atoms with Gasteiger partial charge in [-0.1, -0.05) is 72.3 Å². The van der Waals surface area contributed by atoms with E-state index < -0.39 is 0 Å². The number of thiazole rings is 1. The first-order valence-corrected chi connectivity index (χ1v) is 9.54. The number of allylic oxidation sites excluding steroid dienone is 1. The van der Waals surface area contributed by atoms with Gasteiger partial charge in [-0.2, -0.15) is 5.26 Å². The van der Waals surface area contributed by atoms with Gasteiger partial charge >= 0.3 is 0 Å². The van der Waals surface area contributed by atoms with Crippen molar-refractivity contribution < 1.29 is 4.79 Å². The largest absolute Gasteiger partial charge is 0.316 e. The van der Waals surface area contributed by atoms with Gasteiger partial charge in [0.2, 0.25) is 5.91 Å². The van der Waals surface area contributed by atoms with Gasteiger partial charge in [-0.25, -0.2) is 4.98 Å². The number of benzene rings is 2. The summed E-state index contributed by atoms with van der Waals surface area (Å²) in [6.07, 6.45) is 2.13. The van der Waals surface area contributed by atoms with Crippen LogP contribution in [-0.2, 0) is 4.79 Å². The molecule has 0 saturated carbocycles. The summed E-state index contributed by atoms with van der Waals surface area (Å²) in [6.45, 7) is 1.79. The van der Waals surface area contributed by atoms with Crippen LogP contribution >= 0.6 is 22.9 Å². The summed E-state index contributed by atoms with van der Waals surface area (Å²) in [5.74, 6) is -0.0948. The molecule has 27 heavy (non-hydrogen) atoms. The second kappa shape index (κ2) is 8.63. The highest BCUT2D eigenvalue weighted by Crippen LogP contribution is 2.36. The Bertz CT molecular complexity index is 1020. The van der Waals surface area contributed by atoms with Crippen molar-refractivity contribution in [3.8, 4) is 17.3 Å². The van der Waals surface area contributed by atoms with Crippen LogP contribution in [0.1, 0.15) is 23.9 Å². The van der Waals surface area contributed by atoms with Crippen molar-refractivity contribution in [3.63, 3.8) is 0 Å². The molecular formula is C21H16ClN3OS. The van der Waals surface area contributed by atoms with Crippen LogP contribution < -0.4 is 5.32 Å². The van der Waals surface area contributed by atoms with Crippen LogP contribution in [0.2, 0.25) is 5.02 Å². The van der Waals surface area contributed by atoms with Crippen molar-refractivity contribution in [2.24, 2.45) is 0 Å². The van der Waals surface area contributed by atoms with E-state index in [9.17, 15) is 10.1 Å². The molecule has 0 bridgehead atoms. The van der Waals surface area contributed by atoms with Crippen LogP contribution in [0.25, 0.3) is 22.9 Å². The first-order chi connectivity index (χ1) is 13.1. The number of nitrogens with zero attached hydrogens (tertiary/aromatic N) is 2. The maximum atomic E-state index is 11.9. The van der Waals surface area contributed by atoms with Gasteiger partial charge in [-0.15, -0.1) is 0 Å². The Morgan fingerprint density at radius 3 is 2.56 bits per heavy atom. The van der Waals surface area contributed by atoms with Crippen LogP contribution in [0.15, 0.2) is 54.6 Å². The summed E-state index contributed by atoms with van der Waals surface area (Å²) in [5, 5.41) is 14.3. The lowest BCUT2D eigenvalue weighted by Gasteiger charge is -2.03. The smallest absolute Gasteiger partial charge is 0.224 e. The van der Waals surface area contributed by atoms with Crippen LogP contribution in [0.3, 0.4) is 0 Å². The van der Waals surface area contributed by atoms with Gasteiger partial charge < -0.3 is 5.32 Å².